The Morgan fingerprint density at radius 3 is 2.70 bits per heavy atom. The minimum atomic E-state index is -0.155. The molecule has 1 N–H and O–H groups in total. The van der Waals surface area contributed by atoms with E-state index in [1.165, 1.54) is 12.6 Å². The molecule has 1 aliphatic heterocycles. The van der Waals surface area contributed by atoms with Gasteiger partial charge in [-0.2, -0.15) is 5.26 Å². The zero-order valence-electron chi connectivity index (χ0n) is 12.5. The van der Waals surface area contributed by atoms with Gasteiger partial charge in [0, 0.05) is 32.4 Å². The maximum Gasteiger partial charge on any atom is 0.265 e. The monoisotopic (exact) mass is 279 g/mol. The number of carbonyl (C=O) groups excluding carboxylic acids is 1. The predicted molar refractivity (Wildman–Crippen MR) is 77.8 cm³/mol. The molecule has 0 bridgehead atoms. The molecule has 20 heavy (non-hydrogen) atoms. The van der Waals surface area contributed by atoms with Gasteiger partial charge in [0.15, 0.2) is 0 Å². The average molecular weight is 279 g/mol. The van der Waals surface area contributed by atoms with Crippen LogP contribution in [0, 0.1) is 11.3 Å². The largest absolute Gasteiger partial charge is 0.390 e. The molecular weight excluding hydrogens is 254 g/mol. The number of piperidine rings is 1. The van der Waals surface area contributed by atoms with Crippen molar-refractivity contribution in [3.05, 3.63) is 11.8 Å². The number of likely N-dealkylation sites (tertiary alicyclic amines) is 1. The highest BCUT2D eigenvalue weighted by Gasteiger charge is 2.19. The molecule has 5 heteroatoms. The van der Waals surface area contributed by atoms with Gasteiger partial charge in [-0.3, -0.25) is 4.79 Å². The highest BCUT2D eigenvalue weighted by Crippen LogP contribution is 2.11. The molecule has 0 unspecified atom stereocenters. The topological polar surface area (TPSA) is 65.4 Å². The second-order valence-electron chi connectivity index (χ2n) is 5.25. The summed E-state index contributed by atoms with van der Waals surface area (Å²) >= 11 is 0. The molecule has 1 amide bonds. The molecule has 112 valence electrons. The third-order valence-corrected chi connectivity index (χ3v) is 3.16. The molecule has 1 heterocycles. The highest BCUT2D eigenvalue weighted by atomic mass is 16.5. The number of hydrogen-bond donors (Lipinski definition) is 1. The lowest BCUT2D eigenvalue weighted by molar-refractivity contribution is -0.127. The minimum Gasteiger partial charge on any atom is -0.390 e. The fraction of sp³-hybridized carbons (Fsp3) is 0.733. The summed E-state index contributed by atoms with van der Waals surface area (Å²) in [6.45, 7) is 6.91. The fourth-order valence-electron chi connectivity index (χ4n) is 2.08. The van der Waals surface area contributed by atoms with E-state index in [2.05, 4.69) is 5.32 Å². The van der Waals surface area contributed by atoms with Crippen LogP contribution in [-0.2, 0) is 9.53 Å². The van der Waals surface area contributed by atoms with Gasteiger partial charge in [-0.25, -0.2) is 0 Å². The number of nitrogens with zero attached hydrogens (tertiary/aromatic N) is 2. The lowest BCUT2D eigenvalue weighted by Gasteiger charge is -2.26. The molecular formula is C15H25N3O2. The number of amides is 1. The highest BCUT2D eigenvalue weighted by molar-refractivity contribution is 5.97. The van der Waals surface area contributed by atoms with Gasteiger partial charge in [0.2, 0.25) is 0 Å². The Balaban J connectivity index is 2.31. The molecule has 1 rings (SSSR count). The van der Waals surface area contributed by atoms with Gasteiger partial charge >= 0.3 is 0 Å². The van der Waals surface area contributed by atoms with Gasteiger partial charge in [0.25, 0.3) is 5.91 Å². The first kappa shape index (κ1) is 16.5. The van der Waals surface area contributed by atoms with E-state index in [1.54, 1.807) is 4.90 Å². The first-order valence-electron chi connectivity index (χ1n) is 7.39. The summed E-state index contributed by atoms with van der Waals surface area (Å²) in [5, 5.41) is 12.1. The van der Waals surface area contributed by atoms with Crippen LogP contribution in [0.5, 0.6) is 0 Å². The van der Waals surface area contributed by atoms with E-state index in [4.69, 9.17) is 10.00 Å². The van der Waals surface area contributed by atoms with Crippen molar-refractivity contribution in [2.45, 2.75) is 45.6 Å². The quantitative estimate of drug-likeness (QED) is 0.438. The van der Waals surface area contributed by atoms with E-state index >= 15 is 0 Å². The minimum absolute atomic E-state index is 0.155. The fourth-order valence-corrected chi connectivity index (χ4v) is 2.08. The van der Waals surface area contributed by atoms with Gasteiger partial charge in [-0.1, -0.05) is 0 Å². The molecule has 0 atom stereocenters. The van der Waals surface area contributed by atoms with E-state index in [9.17, 15) is 4.79 Å². The van der Waals surface area contributed by atoms with Crippen molar-refractivity contribution in [3.63, 3.8) is 0 Å². The molecule has 1 fully saturated rings. The van der Waals surface area contributed by atoms with Crippen LogP contribution in [0.4, 0.5) is 0 Å². The zero-order chi connectivity index (χ0) is 14.8. The van der Waals surface area contributed by atoms with Crippen molar-refractivity contribution in [1.82, 2.24) is 10.2 Å². The van der Waals surface area contributed by atoms with Crippen LogP contribution in [0.25, 0.3) is 0 Å². The molecule has 0 aliphatic carbocycles. The van der Waals surface area contributed by atoms with Crippen molar-refractivity contribution in [1.29, 1.82) is 5.26 Å². The molecule has 0 spiro atoms. The van der Waals surface area contributed by atoms with Crippen LogP contribution in [0.2, 0.25) is 0 Å². The van der Waals surface area contributed by atoms with Crippen LogP contribution in [0.15, 0.2) is 11.8 Å². The summed E-state index contributed by atoms with van der Waals surface area (Å²) in [4.78, 5) is 13.9. The summed E-state index contributed by atoms with van der Waals surface area (Å²) in [6, 6.07) is 1.98. The maximum atomic E-state index is 12.1. The smallest absolute Gasteiger partial charge is 0.265 e. The van der Waals surface area contributed by atoms with Crippen LogP contribution in [-0.4, -0.2) is 43.2 Å². The van der Waals surface area contributed by atoms with Crippen LogP contribution in [0.1, 0.15) is 39.5 Å². The third-order valence-electron chi connectivity index (χ3n) is 3.16. The van der Waals surface area contributed by atoms with Crippen LogP contribution < -0.4 is 5.32 Å². The van der Waals surface area contributed by atoms with Crippen LogP contribution in [0.3, 0.4) is 0 Å². The van der Waals surface area contributed by atoms with Gasteiger partial charge in [-0.15, -0.1) is 0 Å². The van der Waals surface area contributed by atoms with Gasteiger partial charge in [0.1, 0.15) is 11.6 Å². The Morgan fingerprint density at radius 2 is 2.10 bits per heavy atom. The van der Waals surface area contributed by atoms with Gasteiger partial charge in [0.05, 0.1) is 6.10 Å². The summed E-state index contributed by atoms with van der Waals surface area (Å²) in [6.07, 6.45) is 5.86. The Morgan fingerprint density at radius 1 is 1.40 bits per heavy atom. The van der Waals surface area contributed by atoms with E-state index in [1.807, 2.05) is 19.9 Å². The molecule has 0 aromatic heterocycles. The maximum absolute atomic E-state index is 12.1. The SMILES string of the molecule is CC(C)OCCCN/C=C(/C#N)C(=O)N1CCCCC1. The van der Waals surface area contributed by atoms with Crippen molar-refractivity contribution in [3.8, 4) is 6.07 Å². The normalized spacial score (nSPS) is 16.1. The predicted octanol–water partition coefficient (Wildman–Crippen LogP) is 1.81. The standard InChI is InChI=1S/C15H25N3O2/c1-13(2)20-10-6-7-17-12-14(11-16)15(19)18-8-4-3-5-9-18/h12-13,17H,3-10H2,1-2H3/b14-12-. The van der Waals surface area contributed by atoms with E-state index in [0.29, 0.717) is 13.2 Å². The zero-order valence-corrected chi connectivity index (χ0v) is 12.5. The number of carbonyl (C=O) groups is 1. The third kappa shape index (κ3) is 6.07. The summed E-state index contributed by atoms with van der Waals surface area (Å²) in [5.41, 5.74) is 0.191. The van der Waals surface area contributed by atoms with E-state index in [0.717, 1.165) is 32.4 Å². The van der Waals surface area contributed by atoms with Gasteiger partial charge < -0.3 is 15.0 Å². The number of rotatable bonds is 7. The lowest BCUT2D eigenvalue weighted by Crippen LogP contribution is -2.36. The number of ether oxygens (including phenoxy) is 1. The number of nitrogens with one attached hydrogen (secondary N) is 1. The second kappa shape index (κ2) is 9.38. The van der Waals surface area contributed by atoms with Crippen molar-refractivity contribution >= 4 is 5.91 Å². The van der Waals surface area contributed by atoms with E-state index in [-0.39, 0.29) is 17.6 Å². The molecule has 0 aromatic rings. The van der Waals surface area contributed by atoms with Crippen molar-refractivity contribution in [2.24, 2.45) is 0 Å². The summed E-state index contributed by atoms with van der Waals surface area (Å²) < 4.78 is 5.42. The average Bonchev–Trinajstić information content (AvgIpc) is 2.46. The first-order chi connectivity index (χ1) is 9.65. The summed E-state index contributed by atoms with van der Waals surface area (Å²) in [5.74, 6) is -0.155. The Kier molecular flexibility index (Phi) is 7.74. The molecule has 0 aromatic carbocycles. The number of nitriles is 1. The number of hydrogen-bond acceptors (Lipinski definition) is 4. The van der Waals surface area contributed by atoms with Crippen LogP contribution >= 0.6 is 0 Å². The van der Waals surface area contributed by atoms with E-state index < -0.39 is 0 Å². The molecule has 5 nitrogen and oxygen atoms in total. The second-order valence-corrected chi connectivity index (χ2v) is 5.25. The molecule has 1 aliphatic rings. The molecule has 1 saturated heterocycles. The lowest BCUT2D eigenvalue weighted by atomic mass is 10.1. The Labute approximate surface area is 121 Å². The van der Waals surface area contributed by atoms with Crippen molar-refractivity contribution < 1.29 is 9.53 Å². The Bertz CT molecular complexity index is 366. The summed E-state index contributed by atoms with van der Waals surface area (Å²) in [7, 11) is 0. The Hall–Kier alpha value is -1.54. The molecule has 0 radical (unpaired) electrons. The first-order valence-corrected chi connectivity index (χ1v) is 7.39. The molecule has 0 saturated carbocycles. The van der Waals surface area contributed by atoms with Gasteiger partial charge in [-0.05, 0) is 39.5 Å². The van der Waals surface area contributed by atoms with Crippen molar-refractivity contribution in [2.75, 3.05) is 26.2 Å².